The van der Waals surface area contributed by atoms with Gasteiger partial charge in [-0.1, -0.05) is 18.2 Å². The molecule has 0 fully saturated rings. The maximum absolute atomic E-state index is 12.6. The molecule has 3 rings (SSSR count). The van der Waals surface area contributed by atoms with Crippen LogP contribution in [0, 0.1) is 0 Å². The first kappa shape index (κ1) is 19.8. The Bertz CT molecular complexity index is 919. The predicted molar refractivity (Wildman–Crippen MR) is 101 cm³/mol. The zero-order valence-electron chi connectivity index (χ0n) is 14.9. The largest absolute Gasteiger partial charge is 0.434 e. The van der Waals surface area contributed by atoms with Gasteiger partial charge in [-0.15, -0.1) is 11.3 Å². The van der Waals surface area contributed by atoms with Gasteiger partial charge in [0.25, 0.3) is 0 Å². The fourth-order valence-electron chi connectivity index (χ4n) is 2.36. The van der Waals surface area contributed by atoms with Crippen LogP contribution in [-0.4, -0.2) is 32.7 Å². The lowest BCUT2D eigenvalue weighted by Crippen LogP contribution is -2.36. The van der Waals surface area contributed by atoms with Gasteiger partial charge in [-0.25, -0.2) is 15.0 Å². The molecule has 28 heavy (non-hydrogen) atoms. The summed E-state index contributed by atoms with van der Waals surface area (Å²) in [6, 6.07) is 7.70. The Morgan fingerprint density at radius 3 is 2.82 bits per heavy atom. The number of benzene rings is 1. The van der Waals surface area contributed by atoms with Gasteiger partial charge in [0.1, 0.15) is 11.3 Å². The third kappa shape index (κ3) is 5.28. The summed E-state index contributed by atoms with van der Waals surface area (Å²) in [6.45, 7) is 3.08. The van der Waals surface area contributed by atoms with Crippen molar-refractivity contribution in [2.45, 2.75) is 26.2 Å². The minimum absolute atomic E-state index is 0.157. The van der Waals surface area contributed by atoms with Crippen LogP contribution < -0.4 is 10.6 Å². The van der Waals surface area contributed by atoms with Gasteiger partial charge in [-0.05, 0) is 18.6 Å². The quantitative estimate of drug-likeness (QED) is 0.430. The molecule has 1 aromatic carbocycles. The average Bonchev–Trinajstić information content (AvgIpc) is 3.36. The second kappa shape index (κ2) is 8.83. The van der Waals surface area contributed by atoms with Crippen LogP contribution in [0.15, 0.2) is 41.0 Å². The zero-order chi connectivity index (χ0) is 20.0. The van der Waals surface area contributed by atoms with Gasteiger partial charge in [0.2, 0.25) is 0 Å². The van der Waals surface area contributed by atoms with Crippen LogP contribution in [0.5, 0.6) is 0 Å². The highest BCUT2D eigenvalue weighted by Crippen LogP contribution is 2.29. The molecule has 0 saturated carbocycles. The molecule has 0 spiro atoms. The van der Waals surface area contributed by atoms with Gasteiger partial charge >= 0.3 is 6.18 Å². The van der Waals surface area contributed by atoms with Gasteiger partial charge in [0.15, 0.2) is 17.5 Å². The second-order valence-corrected chi connectivity index (χ2v) is 6.65. The van der Waals surface area contributed by atoms with Gasteiger partial charge in [-0.2, -0.15) is 18.3 Å². The molecule has 0 atom stereocenters. The van der Waals surface area contributed by atoms with Gasteiger partial charge in [0.05, 0.1) is 13.1 Å². The van der Waals surface area contributed by atoms with Crippen LogP contribution in [0.4, 0.5) is 13.2 Å². The molecule has 0 aliphatic carbocycles. The molecule has 3 N–H and O–H groups in total. The Morgan fingerprint density at radius 1 is 1.29 bits per heavy atom. The fraction of sp³-hybridized carbons (Fsp3) is 0.294. The third-order valence-electron chi connectivity index (χ3n) is 3.63. The van der Waals surface area contributed by atoms with Crippen molar-refractivity contribution in [3.05, 3.63) is 52.2 Å². The van der Waals surface area contributed by atoms with E-state index in [0.29, 0.717) is 29.9 Å². The number of rotatable bonds is 6. The molecule has 2 heterocycles. The maximum Gasteiger partial charge on any atom is 0.434 e. The number of aromatic nitrogens is 4. The Balaban J connectivity index is 1.64. The molecule has 0 unspecified atom stereocenters. The van der Waals surface area contributed by atoms with Crippen molar-refractivity contribution >= 4 is 17.3 Å². The highest BCUT2D eigenvalue weighted by atomic mass is 32.1. The van der Waals surface area contributed by atoms with Crippen molar-refractivity contribution in [2.24, 2.45) is 4.99 Å². The molecule has 0 amide bonds. The second-order valence-electron chi connectivity index (χ2n) is 5.71. The summed E-state index contributed by atoms with van der Waals surface area (Å²) >= 11 is 0.959. The number of thiazole rings is 1. The highest BCUT2D eigenvalue weighted by molar-refractivity contribution is 7.09. The molecule has 0 aliphatic rings. The van der Waals surface area contributed by atoms with Gasteiger partial charge in [0, 0.05) is 17.5 Å². The number of aliphatic imine (C=N–C) groups is 1. The lowest BCUT2D eigenvalue weighted by molar-refractivity contribution is -0.140. The van der Waals surface area contributed by atoms with Crippen LogP contribution in [0.1, 0.15) is 23.2 Å². The number of aromatic amines is 1. The van der Waals surface area contributed by atoms with Crippen molar-refractivity contribution in [3.8, 4) is 11.4 Å². The van der Waals surface area contributed by atoms with E-state index in [0.717, 1.165) is 27.8 Å². The lowest BCUT2D eigenvalue weighted by atomic mass is 10.1. The predicted octanol–water partition coefficient (Wildman–Crippen LogP) is 3.20. The summed E-state index contributed by atoms with van der Waals surface area (Å²) in [5.74, 6) is 1.16. The minimum atomic E-state index is -4.43. The first-order chi connectivity index (χ1) is 13.5. The normalized spacial score (nSPS) is 12.2. The number of nitrogens with one attached hydrogen (secondary N) is 3. The Kier molecular flexibility index (Phi) is 6.24. The first-order valence-corrected chi connectivity index (χ1v) is 9.32. The summed E-state index contributed by atoms with van der Waals surface area (Å²) in [6.07, 6.45) is -2.99. The number of hydrogen-bond acceptors (Lipinski definition) is 5. The molecular weight excluding hydrogens is 391 g/mol. The highest BCUT2D eigenvalue weighted by Gasteiger charge is 2.33. The summed E-state index contributed by atoms with van der Waals surface area (Å²) < 4.78 is 37.9. The zero-order valence-corrected chi connectivity index (χ0v) is 15.7. The molecule has 0 aliphatic heterocycles. The van der Waals surface area contributed by atoms with Crippen molar-refractivity contribution in [1.82, 2.24) is 30.8 Å². The molecule has 0 radical (unpaired) electrons. The summed E-state index contributed by atoms with van der Waals surface area (Å²) in [7, 11) is 0. The van der Waals surface area contributed by atoms with Crippen molar-refractivity contribution < 1.29 is 13.2 Å². The summed E-state index contributed by atoms with van der Waals surface area (Å²) in [5, 5.41) is 14.1. The van der Waals surface area contributed by atoms with E-state index in [-0.39, 0.29) is 6.54 Å². The van der Waals surface area contributed by atoms with E-state index in [4.69, 9.17) is 0 Å². The molecule has 148 valence electrons. The van der Waals surface area contributed by atoms with Crippen LogP contribution in [0.3, 0.4) is 0 Å². The number of halogens is 3. The van der Waals surface area contributed by atoms with Crippen LogP contribution in [-0.2, 0) is 19.3 Å². The number of hydrogen-bond donors (Lipinski definition) is 3. The van der Waals surface area contributed by atoms with E-state index in [9.17, 15) is 13.2 Å². The van der Waals surface area contributed by atoms with Crippen LogP contribution in [0.25, 0.3) is 11.4 Å². The molecule has 2 aromatic heterocycles. The van der Waals surface area contributed by atoms with E-state index in [2.05, 4.69) is 35.8 Å². The average molecular weight is 409 g/mol. The summed E-state index contributed by atoms with van der Waals surface area (Å²) in [4.78, 5) is 12.2. The topological polar surface area (TPSA) is 90.9 Å². The molecule has 7 nitrogen and oxygen atoms in total. The van der Waals surface area contributed by atoms with Crippen LogP contribution in [0.2, 0.25) is 0 Å². The monoisotopic (exact) mass is 409 g/mol. The minimum Gasteiger partial charge on any atom is -0.357 e. The molecule has 11 heteroatoms. The smallest absolute Gasteiger partial charge is 0.357 e. The van der Waals surface area contributed by atoms with E-state index in [1.54, 1.807) is 0 Å². The number of nitrogens with zero attached hydrogens (tertiary/aromatic N) is 4. The van der Waals surface area contributed by atoms with Gasteiger partial charge in [-0.3, -0.25) is 5.10 Å². The molecular formula is C17H18F3N7S. The Morgan fingerprint density at radius 2 is 2.14 bits per heavy atom. The first-order valence-electron chi connectivity index (χ1n) is 8.44. The number of H-pyrrole nitrogens is 1. The van der Waals surface area contributed by atoms with Crippen molar-refractivity contribution in [3.63, 3.8) is 0 Å². The maximum atomic E-state index is 12.6. The van der Waals surface area contributed by atoms with Gasteiger partial charge < -0.3 is 10.6 Å². The van der Waals surface area contributed by atoms with Crippen molar-refractivity contribution in [1.29, 1.82) is 0 Å². The van der Waals surface area contributed by atoms with E-state index >= 15 is 0 Å². The Hall–Kier alpha value is -2.95. The van der Waals surface area contributed by atoms with Crippen molar-refractivity contribution in [2.75, 3.05) is 6.54 Å². The van der Waals surface area contributed by atoms with Crippen LogP contribution >= 0.6 is 11.3 Å². The van der Waals surface area contributed by atoms with E-state index in [1.807, 2.05) is 31.2 Å². The SMILES string of the molecule is CCNC(=NCc1cccc(-c2ncn[nH]2)c1)NCc1nc(C(F)(F)F)cs1. The molecule has 0 saturated heterocycles. The standard InChI is InChI=1S/C17H18F3N7S/c1-2-21-16(23-8-14-26-13(9-28-14)17(18,19)20)22-7-11-4-3-5-12(6-11)15-24-10-25-27-15/h3-6,9-10H,2,7-8H2,1H3,(H2,21,22,23)(H,24,25,27). The van der Waals surface area contributed by atoms with E-state index in [1.165, 1.54) is 6.33 Å². The third-order valence-corrected chi connectivity index (χ3v) is 4.48. The lowest BCUT2D eigenvalue weighted by Gasteiger charge is -2.10. The molecule has 3 aromatic rings. The number of guanidine groups is 1. The number of alkyl halides is 3. The fourth-order valence-corrected chi connectivity index (χ4v) is 3.10. The molecule has 0 bridgehead atoms. The summed E-state index contributed by atoms with van der Waals surface area (Å²) in [5.41, 5.74) is 0.978. The van der Waals surface area contributed by atoms with E-state index < -0.39 is 11.9 Å². The Labute approximate surface area is 163 Å².